The maximum Gasteiger partial charge on any atom is 0.221 e. The summed E-state index contributed by atoms with van der Waals surface area (Å²) in [6.45, 7) is 2.44. The second-order valence-electron chi connectivity index (χ2n) is 5.85. The van der Waals surface area contributed by atoms with Crippen molar-refractivity contribution in [2.75, 3.05) is 24.5 Å². The first-order chi connectivity index (χ1) is 11.2. The number of anilines is 1. The second kappa shape index (κ2) is 7.51. The van der Waals surface area contributed by atoms with E-state index in [0.29, 0.717) is 13.0 Å². The summed E-state index contributed by atoms with van der Waals surface area (Å²) in [5.41, 5.74) is 3.80. The molecule has 0 aromatic heterocycles. The van der Waals surface area contributed by atoms with Gasteiger partial charge in [-0.05, 0) is 42.2 Å². The lowest BCUT2D eigenvalue weighted by Gasteiger charge is -2.18. The Kier molecular flexibility index (Phi) is 5.19. The van der Waals surface area contributed by atoms with E-state index in [9.17, 15) is 4.79 Å². The zero-order chi connectivity index (χ0) is 16.1. The highest BCUT2D eigenvalue weighted by molar-refractivity contribution is 6.30. The number of carbonyl (C=O) groups is 1. The van der Waals surface area contributed by atoms with E-state index in [2.05, 4.69) is 34.5 Å². The van der Waals surface area contributed by atoms with Gasteiger partial charge in [0, 0.05) is 36.8 Å². The van der Waals surface area contributed by atoms with Crippen LogP contribution in [0.2, 0.25) is 5.02 Å². The van der Waals surface area contributed by atoms with E-state index in [1.807, 2.05) is 24.3 Å². The van der Waals surface area contributed by atoms with Gasteiger partial charge in [0.1, 0.15) is 0 Å². The van der Waals surface area contributed by atoms with Gasteiger partial charge >= 0.3 is 0 Å². The van der Waals surface area contributed by atoms with E-state index in [0.717, 1.165) is 36.5 Å². The van der Waals surface area contributed by atoms with Crippen LogP contribution in [-0.2, 0) is 17.6 Å². The molecule has 0 saturated carbocycles. The molecule has 1 N–H and O–H groups in total. The predicted octanol–water partition coefficient (Wildman–Crippen LogP) is 3.45. The number of benzene rings is 2. The van der Waals surface area contributed by atoms with E-state index in [1.165, 1.54) is 11.3 Å². The molecule has 1 amide bonds. The molecule has 120 valence electrons. The van der Waals surface area contributed by atoms with Crippen molar-refractivity contribution in [1.29, 1.82) is 0 Å². The number of hydrogen-bond acceptors (Lipinski definition) is 2. The van der Waals surface area contributed by atoms with Gasteiger partial charge in [-0.15, -0.1) is 0 Å². The van der Waals surface area contributed by atoms with Gasteiger partial charge in [-0.1, -0.05) is 41.9 Å². The van der Waals surface area contributed by atoms with Gasteiger partial charge < -0.3 is 10.2 Å². The molecule has 3 rings (SSSR count). The Morgan fingerprint density at radius 2 is 2.04 bits per heavy atom. The summed E-state index contributed by atoms with van der Waals surface area (Å²) in [5.74, 6) is 0.108. The summed E-state index contributed by atoms with van der Waals surface area (Å²) in [7, 11) is 0. The summed E-state index contributed by atoms with van der Waals surface area (Å²) in [4.78, 5) is 14.3. The van der Waals surface area contributed by atoms with Gasteiger partial charge in [-0.2, -0.15) is 0 Å². The molecule has 1 heterocycles. The van der Waals surface area contributed by atoms with Crippen LogP contribution < -0.4 is 10.2 Å². The Bertz CT molecular complexity index is 687. The predicted molar refractivity (Wildman–Crippen MR) is 95.1 cm³/mol. The van der Waals surface area contributed by atoms with Crippen LogP contribution in [0.4, 0.5) is 5.69 Å². The minimum Gasteiger partial charge on any atom is -0.370 e. The monoisotopic (exact) mass is 328 g/mol. The zero-order valence-corrected chi connectivity index (χ0v) is 13.9. The van der Waals surface area contributed by atoms with Crippen molar-refractivity contribution in [3.05, 3.63) is 64.7 Å². The van der Waals surface area contributed by atoms with Crippen LogP contribution in [0.3, 0.4) is 0 Å². The summed E-state index contributed by atoms with van der Waals surface area (Å²) < 4.78 is 0. The molecular weight excluding hydrogens is 308 g/mol. The number of carbonyl (C=O) groups excluding carboxylic acids is 1. The minimum absolute atomic E-state index is 0.108. The smallest absolute Gasteiger partial charge is 0.221 e. The highest BCUT2D eigenvalue weighted by atomic mass is 35.5. The lowest BCUT2D eigenvalue weighted by atomic mass is 10.1. The van der Waals surface area contributed by atoms with Crippen LogP contribution in [0.5, 0.6) is 0 Å². The van der Waals surface area contributed by atoms with Gasteiger partial charge in [0.05, 0.1) is 0 Å². The molecule has 3 nitrogen and oxygen atoms in total. The van der Waals surface area contributed by atoms with Crippen LogP contribution in [0.15, 0.2) is 48.5 Å². The van der Waals surface area contributed by atoms with Crippen molar-refractivity contribution in [3.8, 4) is 0 Å². The Hall–Kier alpha value is -2.00. The number of nitrogens with one attached hydrogen (secondary N) is 1. The molecule has 1 aliphatic rings. The van der Waals surface area contributed by atoms with Crippen LogP contribution in [0.1, 0.15) is 17.5 Å². The molecule has 0 fully saturated rings. The first-order valence-electron chi connectivity index (χ1n) is 8.06. The summed E-state index contributed by atoms with van der Waals surface area (Å²) in [6.07, 6.45) is 2.41. The zero-order valence-electron chi connectivity index (χ0n) is 13.1. The van der Waals surface area contributed by atoms with Crippen molar-refractivity contribution in [1.82, 2.24) is 5.32 Å². The van der Waals surface area contributed by atoms with Crippen molar-refractivity contribution in [2.24, 2.45) is 0 Å². The highest BCUT2D eigenvalue weighted by Crippen LogP contribution is 2.27. The van der Waals surface area contributed by atoms with Gasteiger partial charge in [-0.3, -0.25) is 4.79 Å². The standard InChI is InChI=1S/C19H21ClN2O/c20-17-6-3-4-15(14-17)8-11-21-19(23)10-13-22-12-9-16-5-1-2-7-18(16)22/h1-7,14H,8-13H2,(H,21,23). The van der Waals surface area contributed by atoms with E-state index in [4.69, 9.17) is 11.6 Å². The number of nitrogens with zero attached hydrogens (tertiary/aromatic N) is 1. The largest absolute Gasteiger partial charge is 0.370 e. The fraction of sp³-hybridized carbons (Fsp3) is 0.316. The van der Waals surface area contributed by atoms with Gasteiger partial charge in [0.15, 0.2) is 0 Å². The van der Waals surface area contributed by atoms with Crippen LogP contribution in [0.25, 0.3) is 0 Å². The Morgan fingerprint density at radius 3 is 2.91 bits per heavy atom. The minimum atomic E-state index is 0.108. The number of rotatable bonds is 6. The van der Waals surface area contributed by atoms with E-state index < -0.39 is 0 Å². The molecule has 2 aromatic rings. The fourth-order valence-electron chi connectivity index (χ4n) is 3.00. The maximum atomic E-state index is 12.0. The molecule has 0 aliphatic carbocycles. The van der Waals surface area contributed by atoms with E-state index >= 15 is 0 Å². The van der Waals surface area contributed by atoms with Crippen molar-refractivity contribution in [2.45, 2.75) is 19.3 Å². The van der Waals surface area contributed by atoms with Crippen LogP contribution >= 0.6 is 11.6 Å². The molecule has 4 heteroatoms. The topological polar surface area (TPSA) is 32.3 Å². The average molecular weight is 329 g/mol. The van der Waals surface area contributed by atoms with E-state index in [-0.39, 0.29) is 5.91 Å². The number of halogens is 1. The molecular formula is C19H21ClN2O. The van der Waals surface area contributed by atoms with E-state index in [1.54, 1.807) is 0 Å². The number of para-hydroxylation sites is 1. The summed E-state index contributed by atoms with van der Waals surface area (Å²) in [6, 6.07) is 16.2. The summed E-state index contributed by atoms with van der Waals surface area (Å²) >= 11 is 5.96. The molecule has 0 atom stereocenters. The third-order valence-corrected chi connectivity index (χ3v) is 4.45. The number of hydrogen-bond donors (Lipinski definition) is 1. The molecule has 23 heavy (non-hydrogen) atoms. The van der Waals surface area contributed by atoms with Crippen molar-refractivity contribution in [3.63, 3.8) is 0 Å². The van der Waals surface area contributed by atoms with Crippen molar-refractivity contribution >= 4 is 23.2 Å². The fourth-order valence-corrected chi connectivity index (χ4v) is 3.22. The Labute approximate surface area is 142 Å². The number of fused-ring (bicyclic) bond motifs is 1. The van der Waals surface area contributed by atoms with Gasteiger partial charge in [-0.25, -0.2) is 0 Å². The average Bonchev–Trinajstić information content (AvgIpc) is 2.96. The van der Waals surface area contributed by atoms with Crippen LogP contribution in [0, 0.1) is 0 Å². The lowest BCUT2D eigenvalue weighted by Crippen LogP contribution is -2.31. The molecule has 0 bridgehead atoms. The summed E-state index contributed by atoms with van der Waals surface area (Å²) in [5, 5.41) is 3.73. The first kappa shape index (κ1) is 15.9. The van der Waals surface area contributed by atoms with Crippen molar-refractivity contribution < 1.29 is 4.79 Å². The molecule has 1 aliphatic heterocycles. The lowest BCUT2D eigenvalue weighted by molar-refractivity contribution is -0.120. The van der Waals surface area contributed by atoms with Gasteiger partial charge in [0.25, 0.3) is 0 Å². The molecule has 0 spiro atoms. The molecule has 0 radical (unpaired) electrons. The normalized spacial score (nSPS) is 13.0. The molecule has 0 unspecified atom stereocenters. The second-order valence-corrected chi connectivity index (χ2v) is 6.28. The molecule has 0 saturated heterocycles. The Morgan fingerprint density at radius 1 is 1.17 bits per heavy atom. The third-order valence-electron chi connectivity index (χ3n) is 4.22. The SMILES string of the molecule is O=C(CCN1CCc2ccccc21)NCCc1cccc(Cl)c1. The number of amides is 1. The van der Waals surface area contributed by atoms with Gasteiger partial charge in [0.2, 0.25) is 5.91 Å². The quantitative estimate of drug-likeness (QED) is 0.881. The maximum absolute atomic E-state index is 12.0. The van der Waals surface area contributed by atoms with Crippen LogP contribution in [-0.4, -0.2) is 25.5 Å². The third kappa shape index (κ3) is 4.26. The molecule has 2 aromatic carbocycles. The Balaban J connectivity index is 1.40. The first-order valence-corrected chi connectivity index (χ1v) is 8.44. The highest BCUT2D eigenvalue weighted by Gasteiger charge is 2.18.